The van der Waals surface area contributed by atoms with Gasteiger partial charge in [-0.3, -0.25) is 43.9 Å². The van der Waals surface area contributed by atoms with Crippen molar-refractivity contribution in [3.8, 4) is 28.7 Å². The second kappa shape index (κ2) is 42.3. The fourth-order valence-corrected chi connectivity index (χ4v) is 20.3. The summed E-state index contributed by atoms with van der Waals surface area (Å²) in [5, 5.41) is 67.0. The molecule has 14 aromatic rings. The van der Waals surface area contributed by atoms with Gasteiger partial charge in [0.05, 0.1) is 190 Å². The van der Waals surface area contributed by atoms with E-state index >= 15 is 0 Å². The van der Waals surface area contributed by atoms with Gasteiger partial charge < -0.3 is 113 Å². The monoisotopic (exact) mass is 2050 g/mol. The Kier molecular flexibility index (Phi) is 28.7. The summed E-state index contributed by atoms with van der Waals surface area (Å²) in [7, 11) is 3.53. The minimum absolute atomic E-state index is 0.0780. The molecule has 5 amide bonds. The molecule has 5 saturated heterocycles. The number of nitrogens with one attached hydrogen (secondary N) is 5. The zero-order valence-corrected chi connectivity index (χ0v) is 86.2. The number of nitrogens with zero attached hydrogens (tertiary/aromatic N) is 22. The summed E-state index contributed by atoms with van der Waals surface area (Å²) in [5.74, 6) is 3.25. The Balaban J connectivity index is 0.000000114. The van der Waals surface area contributed by atoms with Crippen molar-refractivity contribution < 1.29 is 86.0 Å². The standard InChI is InChI=1S/C22H26N6O4.C22H26N6O3.C21H24N6O4.C21H24N6O3.C19H23N3O4/c1-22(2)11-14-9-16(17(10-19(14)32-22)27-4-7-31-8-5-27)24-21(30)15-12-23-13-18-20(15)25-26-28(18)3-6-29;1-4-28-18-13-23-12-15(20(18)25-26-28)21(29)24-16-9-14-11-22(2,3)31-19(14)10-17(16)27-5-7-30-8-6-27;1-21(12-28)9-13-7-15(16(8-18(13)31-21)27-3-5-30-6-4-27)23-20(29)14-10-22-11-17-19(14)24-25-26(17)2;1-21(2)10-13-8-15(16(9-18(13)30-21)27-4-6-29-7-5-27)23-20(28)14-11-22-12-17-19(14)24-25-26(17)3;1-12-20-15(11-25-12)18(23)21-14-8-13-10-19(2,3)26-17(13)9-16(14)22-4-6-24-7-5-22/h9-10,12-13,29H,3-8,11H2,1-2H3,(H,24,30);9-10,12-13H,4-8,11H2,1-3H3,(H,24,29);7-8,10-11,28H,3-6,9,12H2,1-2H3,(H,23,29);8-9,11-12H,4-7,10H2,1-3H3,(H,23,28);8-9,11H,4-7,10H2,1-3H3,(H,21,23). The van der Waals surface area contributed by atoms with Gasteiger partial charge in [-0.15, -0.1) is 20.4 Å². The van der Waals surface area contributed by atoms with Gasteiger partial charge in [-0.2, -0.15) is 0 Å². The third kappa shape index (κ3) is 21.9. The van der Waals surface area contributed by atoms with Crippen molar-refractivity contribution >= 4 is 131 Å². The summed E-state index contributed by atoms with van der Waals surface area (Å²) in [4.78, 5) is 97.5. The van der Waals surface area contributed by atoms with Crippen LogP contribution in [0.5, 0.6) is 28.7 Å². The number of aryl methyl sites for hydroxylation is 4. The number of amides is 5. The smallest absolute Gasteiger partial charge is 0.277 e. The van der Waals surface area contributed by atoms with E-state index in [2.05, 4.69) is 173 Å². The minimum atomic E-state index is -0.664. The first-order valence-electron chi connectivity index (χ1n) is 50.4. The van der Waals surface area contributed by atoms with E-state index in [-0.39, 0.29) is 77.4 Å². The molecule has 10 aliphatic heterocycles. The van der Waals surface area contributed by atoms with E-state index in [0.29, 0.717) is 165 Å². The number of hydrogen-bond acceptors (Lipinski definition) is 36. The lowest BCUT2D eigenvalue weighted by Crippen LogP contribution is -2.37. The van der Waals surface area contributed by atoms with Crippen LogP contribution in [0.1, 0.15) is 155 Å². The van der Waals surface area contributed by atoms with Crippen LogP contribution in [-0.4, -0.2) is 297 Å². The maximum atomic E-state index is 13.3. The highest BCUT2D eigenvalue weighted by Crippen LogP contribution is 2.49. The van der Waals surface area contributed by atoms with Gasteiger partial charge in [0.15, 0.2) is 11.6 Å². The Labute approximate surface area is 863 Å². The number of fused-ring (bicyclic) bond motifs is 9. The van der Waals surface area contributed by atoms with E-state index in [1.807, 2.05) is 74.5 Å². The first kappa shape index (κ1) is 102. The van der Waals surface area contributed by atoms with Crippen molar-refractivity contribution in [1.82, 2.24) is 84.9 Å². The number of aliphatic hydroxyl groups excluding tert-OH is 2. The van der Waals surface area contributed by atoms with Gasteiger partial charge in [-0.25, -0.2) is 23.7 Å². The molecule has 0 radical (unpaired) electrons. The summed E-state index contributed by atoms with van der Waals surface area (Å²) in [6.45, 7) is 36.8. The van der Waals surface area contributed by atoms with Gasteiger partial charge in [-0.05, 0) is 99.6 Å². The molecule has 0 aliphatic carbocycles. The molecule has 5 fully saturated rings. The first-order valence-corrected chi connectivity index (χ1v) is 50.4. The molecule has 1 unspecified atom stereocenters. The number of carbonyl (C=O) groups is 5. The van der Waals surface area contributed by atoms with Crippen LogP contribution in [0.15, 0.2) is 121 Å². The number of aromatic nitrogens is 17. The normalized spacial score (nSPS) is 18.2. The maximum absolute atomic E-state index is 13.3. The summed E-state index contributed by atoms with van der Waals surface area (Å²) >= 11 is 0. The zero-order chi connectivity index (χ0) is 105. The van der Waals surface area contributed by atoms with Crippen LogP contribution in [0, 0.1) is 6.92 Å². The average Bonchev–Trinajstić information content (AvgIpc) is 1.65. The number of carbonyl (C=O) groups excluding carboxylic acids is 5. The van der Waals surface area contributed by atoms with E-state index in [4.69, 9.17) is 51.8 Å². The van der Waals surface area contributed by atoms with Crippen LogP contribution in [-0.2, 0) is 83.0 Å². The molecule has 150 heavy (non-hydrogen) atoms. The fourth-order valence-electron chi connectivity index (χ4n) is 20.3. The number of hydrogen-bond donors (Lipinski definition) is 7. The number of aliphatic hydroxyl groups is 2. The molecule has 24 rings (SSSR count). The van der Waals surface area contributed by atoms with Crippen LogP contribution in [0.2, 0.25) is 0 Å². The highest BCUT2D eigenvalue weighted by Gasteiger charge is 2.41. The predicted octanol–water partition coefficient (Wildman–Crippen LogP) is 10.4. The second-order valence-corrected chi connectivity index (χ2v) is 41.0. The molecule has 786 valence electrons. The first-order chi connectivity index (χ1) is 72.2. The Morgan fingerprint density at radius 1 is 0.347 bits per heavy atom. The van der Waals surface area contributed by atoms with E-state index < -0.39 is 5.60 Å². The average molecular weight is 2050 g/mol. The third-order valence-corrected chi connectivity index (χ3v) is 27.5. The molecule has 0 spiro atoms. The topological polar surface area (TPSA) is 495 Å². The van der Waals surface area contributed by atoms with Gasteiger partial charge in [0, 0.05) is 208 Å². The van der Waals surface area contributed by atoms with Crippen LogP contribution in [0.4, 0.5) is 56.9 Å². The number of anilines is 10. The lowest BCUT2D eigenvalue weighted by molar-refractivity contribution is 0.0446. The molecule has 45 heteroatoms. The summed E-state index contributed by atoms with van der Waals surface area (Å²) in [6, 6.07) is 20.1. The predicted molar refractivity (Wildman–Crippen MR) is 558 cm³/mol. The largest absolute Gasteiger partial charge is 0.487 e. The third-order valence-electron chi connectivity index (χ3n) is 27.5. The summed E-state index contributed by atoms with van der Waals surface area (Å²) in [5.41, 5.74) is 18.3. The maximum Gasteiger partial charge on any atom is 0.277 e. The van der Waals surface area contributed by atoms with Crippen LogP contribution < -0.4 is 74.8 Å². The number of rotatable bonds is 19. The molecular formula is C105H123N27O18. The number of oxazole rings is 1. The fraction of sp³-hybridized carbons (Fsp3) is 0.448. The molecule has 19 heterocycles. The quantitative estimate of drug-likeness (QED) is 0.0395. The number of morpholine rings is 5. The van der Waals surface area contributed by atoms with Gasteiger partial charge in [0.1, 0.15) is 107 Å². The molecule has 1 atom stereocenters. The lowest BCUT2D eigenvalue weighted by Gasteiger charge is -2.31. The Morgan fingerprint density at radius 3 is 0.913 bits per heavy atom. The van der Waals surface area contributed by atoms with Gasteiger partial charge in [0.2, 0.25) is 0 Å². The van der Waals surface area contributed by atoms with Crippen molar-refractivity contribution in [1.29, 1.82) is 0 Å². The number of benzene rings is 5. The molecular weight excluding hydrogens is 1930 g/mol. The minimum Gasteiger partial charge on any atom is -0.487 e. The van der Waals surface area contributed by atoms with Crippen LogP contribution >= 0.6 is 0 Å². The van der Waals surface area contributed by atoms with E-state index in [9.17, 15) is 34.2 Å². The molecule has 7 N–H and O–H groups in total. The zero-order valence-electron chi connectivity index (χ0n) is 86.2. The molecule has 9 aromatic heterocycles. The summed E-state index contributed by atoms with van der Waals surface area (Å²) < 4.78 is 69.6. The van der Waals surface area contributed by atoms with Crippen LogP contribution in [0.3, 0.4) is 0 Å². The van der Waals surface area contributed by atoms with Gasteiger partial charge in [-0.1, -0.05) is 20.9 Å². The van der Waals surface area contributed by atoms with E-state index in [1.165, 1.54) is 29.5 Å². The lowest BCUT2D eigenvalue weighted by atomic mass is 9.99. The SMILES string of the molecule is CC1(C)Cc2cc(NC(=O)c3cncc4c3nnn4CCO)c(N3CCOCC3)cc2O1.CCn1nnc2c(C(=O)Nc3cc4c(cc3N3CCOCC3)OC(C)(C)C4)cncc21.Cc1nc(C(=O)Nc2cc3c(cc2N2CCOCC2)OC(C)(C)C3)co1.Cn1nnc2c(C(=O)Nc3cc4c(cc3N3CCOCC3)OC(C)(C)C4)cncc21.Cn1nnc2c(C(=O)Nc3cc4c(cc3N3CCOCC3)OC(C)(CO)C4)cncc21. The van der Waals surface area contributed by atoms with E-state index in [0.717, 1.165) is 191 Å². The molecule has 45 nitrogen and oxygen atoms in total. The van der Waals surface area contributed by atoms with E-state index in [1.54, 1.807) is 66.0 Å². The molecule has 10 aliphatic rings. The van der Waals surface area contributed by atoms with Crippen molar-refractivity contribution in [2.45, 2.75) is 149 Å². The van der Waals surface area contributed by atoms with Crippen LogP contribution in [0.25, 0.3) is 44.1 Å². The Bertz CT molecular complexity index is 7450. The van der Waals surface area contributed by atoms with Gasteiger partial charge >= 0.3 is 0 Å². The summed E-state index contributed by atoms with van der Waals surface area (Å²) in [6.07, 6.45) is 17.7. The highest BCUT2D eigenvalue weighted by atomic mass is 16.5. The van der Waals surface area contributed by atoms with Crippen molar-refractivity contribution in [2.75, 3.05) is 196 Å². The molecule has 5 aromatic carbocycles. The molecule has 0 bridgehead atoms. The molecule has 0 saturated carbocycles. The van der Waals surface area contributed by atoms with Crippen molar-refractivity contribution in [3.63, 3.8) is 0 Å². The van der Waals surface area contributed by atoms with Crippen molar-refractivity contribution in [3.05, 3.63) is 178 Å². The number of pyridine rings is 4. The highest BCUT2D eigenvalue weighted by molar-refractivity contribution is 6.15. The Hall–Kier alpha value is -15.4. The van der Waals surface area contributed by atoms with Crippen molar-refractivity contribution in [2.24, 2.45) is 14.1 Å². The van der Waals surface area contributed by atoms with Gasteiger partial charge in [0.25, 0.3) is 29.5 Å². The number of ether oxygens (including phenoxy) is 10. The second-order valence-electron chi connectivity index (χ2n) is 41.0. The Morgan fingerprint density at radius 2 is 0.620 bits per heavy atom.